The number of nitrogens with zero attached hydrogens (tertiary/aromatic N) is 1. The molecule has 0 aliphatic carbocycles. The lowest BCUT2D eigenvalue weighted by Gasteiger charge is -2.10. The minimum Gasteiger partial charge on any atom is -0.292 e. The first-order chi connectivity index (χ1) is 8.97. The van der Waals surface area contributed by atoms with E-state index in [0.29, 0.717) is 0 Å². The largest absolute Gasteiger partial charge is 0.413 e. The Kier molecular flexibility index (Phi) is 4.38. The summed E-state index contributed by atoms with van der Waals surface area (Å²) in [6.07, 6.45) is -2.71. The molecule has 102 valence electrons. The van der Waals surface area contributed by atoms with E-state index in [0.717, 1.165) is 20.9 Å². The van der Waals surface area contributed by atoms with E-state index >= 15 is 0 Å². The Morgan fingerprint density at radius 3 is 2.79 bits per heavy atom. The van der Waals surface area contributed by atoms with Crippen LogP contribution in [0.2, 0.25) is 0 Å². The number of alkyl halides is 3. The van der Waals surface area contributed by atoms with Crippen molar-refractivity contribution in [3.05, 3.63) is 40.5 Å². The van der Waals surface area contributed by atoms with Crippen LogP contribution >= 0.6 is 15.9 Å². The maximum absolute atomic E-state index is 11.9. The van der Waals surface area contributed by atoms with Crippen molar-refractivity contribution in [1.82, 2.24) is 10.5 Å². The molecule has 7 heteroatoms. The van der Waals surface area contributed by atoms with Crippen molar-refractivity contribution in [3.8, 4) is 0 Å². The Morgan fingerprint density at radius 2 is 2.05 bits per heavy atom. The molecule has 0 radical (unpaired) electrons. The van der Waals surface area contributed by atoms with Crippen molar-refractivity contribution in [2.45, 2.75) is 12.7 Å². The quantitative estimate of drug-likeness (QED) is 0.685. The van der Waals surface area contributed by atoms with Gasteiger partial charge in [0.25, 0.3) is 0 Å². The van der Waals surface area contributed by atoms with Crippen molar-refractivity contribution < 1.29 is 18.0 Å². The first kappa shape index (κ1) is 14.2. The molecule has 2 aromatic rings. The summed E-state index contributed by atoms with van der Waals surface area (Å²) in [5.74, 6) is 0. The molecule has 0 spiro atoms. The Hall–Kier alpha value is -1.18. The lowest BCUT2D eigenvalue weighted by Crippen LogP contribution is -2.24. The fraction of sp³-hybridized carbons (Fsp3) is 0.250. The van der Waals surface area contributed by atoms with Gasteiger partial charge in [-0.05, 0) is 17.7 Å². The summed E-state index contributed by atoms with van der Waals surface area (Å²) in [7, 11) is 0. The average Bonchev–Trinajstić information content (AvgIpc) is 2.36. The van der Waals surface area contributed by atoms with Gasteiger partial charge in [0, 0.05) is 22.6 Å². The molecule has 0 saturated carbocycles. The smallest absolute Gasteiger partial charge is 0.292 e. The van der Waals surface area contributed by atoms with Gasteiger partial charge < -0.3 is 0 Å². The van der Waals surface area contributed by atoms with Crippen molar-refractivity contribution in [2.75, 3.05) is 6.61 Å². The van der Waals surface area contributed by atoms with Gasteiger partial charge in [-0.15, -0.1) is 0 Å². The molecular formula is C12H10BrF3N2O. The van der Waals surface area contributed by atoms with Gasteiger partial charge in [-0.25, -0.2) is 0 Å². The molecule has 3 nitrogen and oxygen atoms in total. The molecule has 1 aromatic carbocycles. The van der Waals surface area contributed by atoms with Gasteiger partial charge in [-0.1, -0.05) is 28.1 Å². The zero-order chi connectivity index (χ0) is 13.9. The van der Waals surface area contributed by atoms with E-state index in [4.69, 9.17) is 0 Å². The summed E-state index contributed by atoms with van der Waals surface area (Å²) >= 11 is 3.40. The highest BCUT2D eigenvalue weighted by molar-refractivity contribution is 9.10. The van der Waals surface area contributed by atoms with E-state index in [9.17, 15) is 13.2 Å². The van der Waals surface area contributed by atoms with Gasteiger partial charge in [0.2, 0.25) is 0 Å². The van der Waals surface area contributed by atoms with Crippen molar-refractivity contribution in [2.24, 2.45) is 0 Å². The third-order valence-corrected chi connectivity index (χ3v) is 3.09. The van der Waals surface area contributed by atoms with Crippen LogP contribution in [-0.4, -0.2) is 17.8 Å². The van der Waals surface area contributed by atoms with E-state index in [-0.39, 0.29) is 6.54 Å². The average molecular weight is 335 g/mol. The summed E-state index contributed by atoms with van der Waals surface area (Å²) < 4.78 is 36.6. The van der Waals surface area contributed by atoms with Crippen LogP contribution < -0.4 is 5.48 Å². The highest BCUT2D eigenvalue weighted by atomic mass is 79.9. The third kappa shape index (κ3) is 3.89. The standard InChI is InChI=1S/C12H10BrF3N2O/c13-10-4-3-8(6-18-19-7-12(14,15)16)11-9(10)2-1-5-17-11/h1-5,18H,6-7H2. The zero-order valence-electron chi connectivity index (χ0n) is 9.67. The maximum atomic E-state index is 11.9. The predicted octanol–water partition coefficient (Wildman–Crippen LogP) is 3.58. The summed E-state index contributed by atoms with van der Waals surface area (Å²) in [5, 5.41) is 0.901. The number of hydrogen-bond donors (Lipinski definition) is 1. The lowest BCUT2D eigenvalue weighted by molar-refractivity contribution is -0.190. The third-order valence-electron chi connectivity index (χ3n) is 2.40. The van der Waals surface area contributed by atoms with Gasteiger partial charge >= 0.3 is 6.18 Å². The number of aromatic nitrogens is 1. The molecule has 0 atom stereocenters. The van der Waals surface area contributed by atoms with E-state index in [1.165, 1.54) is 0 Å². The van der Waals surface area contributed by atoms with E-state index in [1.807, 2.05) is 12.1 Å². The van der Waals surface area contributed by atoms with Crippen LogP contribution in [0.5, 0.6) is 0 Å². The molecule has 1 aromatic heterocycles. The molecule has 19 heavy (non-hydrogen) atoms. The van der Waals surface area contributed by atoms with Gasteiger partial charge in [0.05, 0.1) is 5.52 Å². The van der Waals surface area contributed by atoms with Crippen LogP contribution in [0.25, 0.3) is 10.9 Å². The summed E-state index contributed by atoms with van der Waals surface area (Å²) in [5.41, 5.74) is 3.78. The molecule has 0 aliphatic rings. The monoisotopic (exact) mass is 334 g/mol. The fourth-order valence-electron chi connectivity index (χ4n) is 1.60. The molecule has 0 aliphatic heterocycles. The number of rotatable bonds is 4. The molecule has 0 bridgehead atoms. The van der Waals surface area contributed by atoms with Crippen LogP contribution in [0.1, 0.15) is 5.56 Å². The number of hydroxylamine groups is 1. The van der Waals surface area contributed by atoms with Crippen LogP contribution in [0.3, 0.4) is 0 Å². The summed E-state index contributed by atoms with van der Waals surface area (Å²) in [4.78, 5) is 8.59. The van der Waals surface area contributed by atoms with E-state index < -0.39 is 12.8 Å². The van der Waals surface area contributed by atoms with Gasteiger partial charge in [0.15, 0.2) is 6.61 Å². The van der Waals surface area contributed by atoms with Crippen molar-refractivity contribution in [1.29, 1.82) is 0 Å². The van der Waals surface area contributed by atoms with Gasteiger partial charge in [0.1, 0.15) is 0 Å². The summed E-state index contributed by atoms with van der Waals surface area (Å²) in [6, 6.07) is 7.28. The lowest BCUT2D eigenvalue weighted by atomic mass is 10.1. The summed E-state index contributed by atoms with van der Waals surface area (Å²) in [6.45, 7) is -1.17. The molecular weight excluding hydrogens is 325 g/mol. The zero-order valence-corrected chi connectivity index (χ0v) is 11.3. The minimum atomic E-state index is -4.34. The fourth-order valence-corrected chi connectivity index (χ4v) is 2.05. The molecule has 0 fully saturated rings. The number of fused-ring (bicyclic) bond motifs is 1. The molecule has 0 saturated heterocycles. The van der Waals surface area contributed by atoms with E-state index in [1.54, 1.807) is 18.3 Å². The molecule has 0 unspecified atom stereocenters. The van der Waals surface area contributed by atoms with Crippen molar-refractivity contribution >= 4 is 26.8 Å². The second-order valence-corrected chi connectivity index (χ2v) is 4.69. The number of hydrogen-bond acceptors (Lipinski definition) is 3. The van der Waals surface area contributed by atoms with Crippen LogP contribution in [0.4, 0.5) is 13.2 Å². The van der Waals surface area contributed by atoms with Crippen LogP contribution in [-0.2, 0) is 11.4 Å². The molecule has 1 heterocycles. The number of benzene rings is 1. The topological polar surface area (TPSA) is 34.1 Å². The second kappa shape index (κ2) is 5.85. The SMILES string of the molecule is FC(F)(F)CONCc1ccc(Br)c2cccnc12. The Morgan fingerprint density at radius 1 is 1.26 bits per heavy atom. The normalized spacial score (nSPS) is 12.0. The van der Waals surface area contributed by atoms with Crippen LogP contribution in [0, 0.1) is 0 Å². The molecule has 1 N–H and O–H groups in total. The second-order valence-electron chi connectivity index (χ2n) is 3.83. The Bertz CT molecular complexity index is 574. The van der Waals surface area contributed by atoms with Crippen molar-refractivity contribution in [3.63, 3.8) is 0 Å². The number of pyridine rings is 1. The molecule has 0 amide bonds. The molecule has 2 rings (SSSR count). The minimum absolute atomic E-state index is 0.150. The van der Waals surface area contributed by atoms with Crippen LogP contribution in [0.15, 0.2) is 34.9 Å². The predicted molar refractivity (Wildman–Crippen MR) is 68.3 cm³/mol. The van der Waals surface area contributed by atoms with Gasteiger partial charge in [-0.3, -0.25) is 9.82 Å². The number of halogens is 4. The Labute approximate surface area is 115 Å². The van der Waals surface area contributed by atoms with E-state index in [2.05, 4.69) is 31.2 Å². The number of nitrogens with one attached hydrogen (secondary N) is 1. The first-order valence-corrected chi connectivity index (χ1v) is 6.20. The first-order valence-electron chi connectivity index (χ1n) is 5.41. The highest BCUT2D eigenvalue weighted by Gasteiger charge is 2.27. The maximum Gasteiger partial charge on any atom is 0.413 e. The van der Waals surface area contributed by atoms with Gasteiger partial charge in [-0.2, -0.15) is 18.7 Å². The Balaban J connectivity index is 2.07. The highest BCUT2D eigenvalue weighted by Crippen LogP contribution is 2.25.